The average Bonchev–Trinajstić information content (AvgIpc) is 2.13. The summed E-state index contributed by atoms with van der Waals surface area (Å²) in [6, 6.07) is 0. The summed E-state index contributed by atoms with van der Waals surface area (Å²) >= 11 is 0. The van der Waals surface area contributed by atoms with E-state index in [0.717, 1.165) is 10.9 Å². The highest BCUT2D eigenvalue weighted by Gasteiger charge is 2.12. The van der Waals surface area contributed by atoms with Crippen molar-refractivity contribution >= 4 is 5.82 Å². The number of aryl methyl sites for hydroxylation is 1. The molecule has 1 aromatic heterocycles. The van der Waals surface area contributed by atoms with Gasteiger partial charge >= 0.3 is 5.82 Å². The summed E-state index contributed by atoms with van der Waals surface area (Å²) in [5.74, 6) is 5.43. The highest BCUT2D eigenvalue weighted by molar-refractivity contribution is 5.16. The van der Waals surface area contributed by atoms with Crippen LogP contribution in [0.5, 0.6) is 0 Å². The molecule has 1 aromatic rings. The number of nitro groups is 1. The van der Waals surface area contributed by atoms with Gasteiger partial charge in [-0.05, 0) is 9.91 Å². The lowest BCUT2D eigenvalue weighted by atomic mass is 10.7. The normalized spacial score (nSPS) is 9.70. The zero-order valence-corrected chi connectivity index (χ0v) is 5.31. The fourth-order valence-electron chi connectivity index (χ4n) is 0.558. The maximum Gasteiger partial charge on any atom is 0.383 e. The van der Waals surface area contributed by atoms with Crippen LogP contribution in [0.1, 0.15) is 5.82 Å². The monoisotopic (exact) mass is 142 g/mol. The number of hydrogen-bond acceptors (Lipinski definition) is 4. The van der Waals surface area contributed by atoms with Crippen molar-refractivity contribution in [3.8, 4) is 0 Å². The summed E-state index contributed by atoms with van der Waals surface area (Å²) in [6.07, 6.45) is 1.16. The molecule has 1 rings (SSSR count). The van der Waals surface area contributed by atoms with Crippen LogP contribution in [-0.4, -0.2) is 14.6 Å². The third-order valence-corrected chi connectivity index (χ3v) is 1.09. The molecule has 0 spiro atoms. The number of aromatic nitrogens is 2. The average molecular weight is 142 g/mol. The van der Waals surface area contributed by atoms with Gasteiger partial charge in [0.05, 0.1) is 0 Å². The van der Waals surface area contributed by atoms with Gasteiger partial charge in [0, 0.05) is 6.92 Å². The minimum Gasteiger partial charge on any atom is -0.358 e. The van der Waals surface area contributed by atoms with Crippen molar-refractivity contribution in [1.29, 1.82) is 0 Å². The van der Waals surface area contributed by atoms with Crippen LogP contribution < -0.4 is 5.84 Å². The van der Waals surface area contributed by atoms with Crippen molar-refractivity contribution in [3.05, 3.63) is 22.1 Å². The van der Waals surface area contributed by atoms with Gasteiger partial charge < -0.3 is 16.0 Å². The molecule has 0 aliphatic rings. The molecule has 6 nitrogen and oxygen atoms in total. The molecule has 0 aromatic carbocycles. The van der Waals surface area contributed by atoms with E-state index < -0.39 is 4.92 Å². The van der Waals surface area contributed by atoms with Crippen molar-refractivity contribution in [1.82, 2.24) is 9.66 Å². The molecule has 0 atom stereocenters. The van der Waals surface area contributed by atoms with E-state index in [1.165, 1.54) is 0 Å². The third-order valence-electron chi connectivity index (χ3n) is 1.09. The van der Waals surface area contributed by atoms with E-state index in [0.29, 0.717) is 5.82 Å². The molecule has 0 aliphatic heterocycles. The van der Waals surface area contributed by atoms with Crippen LogP contribution in [0.4, 0.5) is 5.82 Å². The Morgan fingerprint density at radius 2 is 2.50 bits per heavy atom. The van der Waals surface area contributed by atoms with Crippen LogP contribution in [0.25, 0.3) is 0 Å². The van der Waals surface area contributed by atoms with Crippen molar-refractivity contribution < 1.29 is 4.92 Å². The predicted octanol–water partition coefficient (Wildman–Crippen LogP) is -0.186. The van der Waals surface area contributed by atoms with Crippen LogP contribution in [0.3, 0.4) is 0 Å². The first-order valence-corrected chi connectivity index (χ1v) is 2.56. The Labute approximate surface area is 56.4 Å². The number of nitrogens with zero attached hydrogens (tertiary/aromatic N) is 3. The minimum atomic E-state index is -0.587. The highest BCUT2D eigenvalue weighted by atomic mass is 16.6. The molecule has 2 N–H and O–H groups in total. The maximum absolute atomic E-state index is 10.0. The van der Waals surface area contributed by atoms with Crippen LogP contribution in [0.15, 0.2) is 6.20 Å². The molecule has 0 saturated heterocycles. The summed E-state index contributed by atoms with van der Waals surface area (Å²) in [7, 11) is 0. The fourth-order valence-corrected chi connectivity index (χ4v) is 0.558. The number of hydrogen-bond donors (Lipinski definition) is 1. The zero-order chi connectivity index (χ0) is 7.72. The minimum absolute atomic E-state index is 0.222. The fraction of sp³-hybridized carbons (Fsp3) is 0.250. The second kappa shape index (κ2) is 1.98. The number of imidazole rings is 1. The first kappa shape index (κ1) is 6.53. The number of rotatable bonds is 1. The Hall–Kier alpha value is -1.59. The van der Waals surface area contributed by atoms with E-state index in [1.54, 1.807) is 6.92 Å². The lowest BCUT2D eigenvalue weighted by Crippen LogP contribution is -2.07. The molecule has 10 heavy (non-hydrogen) atoms. The maximum atomic E-state index is 10.0. The molecule has 0 aliphatic carbocycles. The summed E-state index contributed by atoms with van der Waals surface area (Å²) < 4.78 is 1.11. The second-order valence-corrected chi connectivity index (χ2v) is 1.81. The Morgan fingerprint density at radius 3 is 2.70 bits per heavy atom. The Morgan fingerprint density at radius 1 is 1.90 bits per heavy atom. The van der Waals surface area contributed by atoms with Crippen LogP contribution in [0, 0.1) is 17.0 Å². The third kappa shape index (κ3) is 0.903. The van der Waals surface area contributed by atoms with E-state index in [1.807, 2.05) is 0 Å². The smallest absolute Gasteiger partial charge is 0.358 e. The van der Waals surface area contributed by atoms with Crippen molar-refractivity contribution in [3.63, 3.8) is 0 Å². The first-order valence-electron chi connectivity index (χ1n) is 2.56. The Kier molecular flexibility index (Phi) is 1.29. The molecule has 0 fully saturated rings. The second-order valence-electron chi connectivity index (χ2n) is 1.81. The highest BCUT2D eigenvalue weighted by Crippen LogP contribution is 2.06. The molecule has 54 valence electrons. The molecule has 0 amide bonds. The summed E-state index contributed by atoms with van der Waals surface area (Å²) in [5.41, 5.74) is 0. The van der Waals surface area contributed by atoms with E-state index in [9.17, 15) is 10.1 Å². The van der Waals surface area contributed by atoms with Gasteiger partial charge in [-0.15, -0.1) is 0 Å². The van der Waals surface area contributed by atoms with Crippen LogP contribution in [0.2, 0.25) is 0 Å². The standard InChI is InChI=1S/C4H6N4O2/c1-3-6-4(8(9)10)2-7(3)5/h2H,5H2,1H3. The lowest BCUT2D eigenvalue weighted by molar-refractivity contribution is -0.389. The van der Waals surface area contributed by atoms with Crippen molar-refractivity contribution in [2.45, 2.75) is 6.92 Å². The molecule has 0 saturated carbocycles. The zero-order valence-electron chi connectivity index (χ0n) is 5.31. The van der Waals surface area contributed by atoms with E-state index in [-0.39, 0.29) is 5.82 Å². The number of nitrogens with two attached hydrogens (primary N) is 1. The van der Waals surface area contributed by atoms with E-state index in [4.69, 9.17) is 5.84 Å². The largest absolute Gasteiger partial charge is 0.383 e. The SMILES string of the molecule is Cc1nc([N+](=O)[O-])cn1N. The molecular weight excluding hydrogens is 136 g/mol. The quantitative estimate of drug-likeness (QED) is 0.334. The molecule has 0 unspecified atom stereocenters. The van der Waals surface area contributed by atoms with Crippen molar-refractivity contribution in [2.75, 3.05) is 5.84 Å². The number of nitrogen functional groups attached to an aromatic ring is 1. The Bertz CT molecular complexity index is 247. The molecule has 0 bridgehead atoms. The van der Waals surface area contributed by atoms with Gasteiger partial charge in [0.25, 0.3) is 0 Å². The van der Waals surface area contributed by atoms with Gasteiger partial charge in [-0.2, -0.15) is 0 Å². The van der Waals surface area contributed by atoms with Gasteiger partial charge in [0.15, 0.2) is 0 Å². The molecule has 6 heteroatoms. The van der Waals surface area contributed by atoms with Gasteiger partial charge in [-0.3, -0.25) is 0 Å². The predicted molar refractivity (Wildman–Crippen MR) is 33.8 cm³/mol. The molecular formula is C4H6N4O2. The molecule has 1 heterocycles. The first-order chi connectivity index (χ1) is 4.61. The van der Waals surface area contributed by atoms with E-state index in [2.05, 4.69) is 4.98 Å². The van der Waals surface area contributed by atoms with Crippen LogP contribution in [-0.2, 0) is 0 Å². The topological polar surface area (TPSA) is 87.0 Å². The Balaban J connectivity index is 3.10. The van der Waals surface area contributed by atoms with Crippen molar-refractivity contribution in [2.24, 2.45) is 0 Å². The van der Waals surface area contributed by atoms with Crippen LogP contribution >= 0.6 is 0 Å². The summed E-state index contributed by atoms with van der Waals surface area (Å²) in [5, 5.41) is 10.0. The van der Waals surface area contributed by atoms with Gasteiger partial charge in [0.1, 0.15) is 6.20 Å². The van der Waals surface area contributed by atoms with E-state index >= 15 is 0 Å². The summed E-state index contributed by atoms with van der Waals surface area (Å²) in [6.45, 7) is 1.59. The van der Waals surface area contributed by atoms with Gasteiger partial charge in [-0.1, -0.05) is 0 Å². The molecule has 0 radical (unpaired) electrons. The lowest BCUT2D eigenvalue weighted by Gasteiger charge is -1.84. The van der Waals surface area contributed by atoms with Gasteiger partial charge in [-0.25, -0.2) is 4.68 Å². The van der Waals surface area contributed by atoms with Gasteiger partial charge in [0.2, 0.25) is 5.82 Å². The summed E-state index contributed by atoms with van der Waals surface area (Å²) in [4.78, 5) is 13.0.